The molecule has 102 valence electrons. The molecular formula is C14H34O2. The second kappa shape index (κ2) is 20.3. The molecule has 0 aromatic heterocycles. The first-order chi connectivity index (χ1) is 7.53. The van der Waals surface area contributed by atoms with E-state index in [0.717, 1.165) is 12.3 Å². The molecular weight excluding hydrogens is 200 g/mol. The van der Waals surface area contributed by atoms with Crippen LogP contribution in [-0.2, 0) is 4.74 Å². The lowest BCUT2D eigenvalue weighted by atomic mass is 10.1. The van der Waals surface area contributed by atoms with Gasteiger partial charge in [-0.2, -0.15) is 0 Å². The summed E-state index contributed by atoms with van der Waals surface area (Å²) in [6.07, 6.45) is 4.41. The van der Waals surface area contributed by atoms with Crippen LogP contribution >= 0.6 is 0 Å². The zero-order chi connectivity index (χ0) is 13.4. The summed E-state index contributed by atoms with van der Waals surface area (Å²) in [5, 5.41) is 8.73. The molecule has 0 spiro atoms. The topological polar surface area (TPSA) is 29.5 Å². The summed E-state index contributed by atoms with van der Waals surface area (Å²) < 4.78 is 4.64. The summed E-state index contributed by atoms with van der Waals surface area (Å²) in [5.41, 5.74) is 0. The van der Waals surface area contributed by atoms with Gasteiger partial charge < -0.3 is 9.84 Å². The Hall–Kier alpha value is -0.0800. The van der Waals surface area contributed by atoms with Gasteiger partial charge in [0.2, 0.25) is 0 Å². The van der Waals surface area contributed by atoms with Crippen LogP contribution in [0.5, 0.6) is 0 Å². The quantitative estimate of drug-likeness (QED) is 0.770. The SMILES string of the molecule is CCC.CCC(C)CC.CCC(O)COC. The lowest BCUT2D eigenvalue weighted by Gasteiger charge is -2.02. The van der Waals surface area contributed by atoms with Crippen molar-refractivity contribution < 1.29 is 9.84 Å². The van der Waals surface area contributed by atoms with Crippen molar-refractivity contribution in [1.29, 1.82) is 0 Å². The van der Waals surface area contributed by atoms with Gasteiger partial charge in [-0.15, -0.1) is 0 Å². The second-order valence-electron chi connectivity index (χ2n) is 4.15. The molecule has 0 fully saturated rings. The van der Waals surface area contributed by atoms with Gasteiger partial charge in [-0.25, -0.2) is 0 Å². The molecule has 0 radical (unpaired) electrons. The summed E-state index contributed by atoms with van der Waals surface area (Å²) >= 11 is 0. The number of ether oxygens (including phenoxy) is 1. The maximum atomic E-state index is 8.73. The molecule has 0 amide bonds. The van der Waals surface area contributed by atoms with Gasteiger partial charge in [-0.05, 0) is 12.3 Å². The standard InChI is InChI=1S/C6H14.C5H12O2.C3H8/c1-4-6(3)5-2;1-3-5(6)4-7-2;1-3-2/h6H,4-5H2,1-3H3;5-6H,3-4H2,1-2H3;3H2,1-2H3. The average molecular weight is 234 g/mol. The van der Waals surface area contributed by atoms with Gasteiger partial charge in [0.15, 0.2) is 0 Å². The third kappa shape index (κ3) is 29.2. The van der Waals surface area contributed by atoms with Crippen LogP contribution < -0.4 is 0 Å². The molecule has 0 saturated heterocycles. The molecule has 1 atom stereocenters. The van der Waals surface area contributed by atoms with Crippen LogP contribution in [0.2, 0.25) is 0 Å². The van der Waals surface area contributed by atoms with Crippen molar-refractivity contribution in [2.24, 2.45) is 5.92 Å². The first-order valence-electron chi connectivity index (χ1n) is 6.70. The second-order valence-corrected chi connectivity index (χ2v) is 4.15. The Balaban J connectivity index is -0.000000172. The van der Waals surface area contributed by atoms with Crippen LogP contribution in [0.25, 0.3) is 0 Å². The predicted molar refractivity (Wildman–Crippen MR) is 73.9 cm³/mol. The number of methoxy groups -OCH3 is 1. The number of aliphatic hydroxyl groups excluding tert-OH is 1. The van der Waals surface area contributed by atoms with Gasteiger partial charge in [-0.3, -0.25) is 0 Å². The van der Waals surface area contributed by atoms with Crippen molar-refractivity contribution >= 4 is 0 Å². The molecule has 2 heteroatoms. The highest BCUT2D eigenvalue weighted by atomic mass is 16.5. The van der Waals surface area contributed by atoms with E-state index in [2.05, 4.69) is 39.4 Å². The monoisotopic (exact) mass is 234 g/mol. The lowest BCUT2D eigenvalue weighted by Crippen LogP contribution is -2.11. The van der Waals surface area contributed by atoms with E-state index in [1.165, 1.54) is 19.3 Å². The molecule has 0 aliphatic heterocycles. The van der Waals surface area contributed by atoms with E-state index in [4.69, 9.17) is 5.11 Å². The van der Waals surface area contributed by atoms with Crippen molar-refractivity contribution in [3.8, 4) is 0 Å². The summed E-state index contributed by atoms with van der Waals surface area (Å²) in [6, 6.07) is 0. The normalized spacial score (nSPS) is 11.1. The fourth-order valence-electron chi connectivity index (χ4n) is 0.599. The summed E-state index contributed by atoms with van der Waals surface area (Å²) in [6.45, 7) is 13.4. The molecule has 2 nitrogen and oxygen atoms in total. The largest absolute Gasteiger partial charge is 0.391 e. The zero-order valence-electron chi connectivity index (χ0n) is 12.5. The van der Waals surface area contributed by atoms with E-state index in [9.17, 15) is 0 Å². The summed E-state index contributed by atoms with van der Waals surface area (Å²) in [5.74, 6) is 0.935. The Bertz CT molecular complexity index is 90.7. The number of aliphatic hydroxyl groups is 1. The minimum Gasteiger partial charge on any atom is -0.391 e. The Kier molecular flexibility index (Phi) is 27.0. The van der Waals surface area contributed by atoms with Gasteiger partial charge in [-0.1, -0.05) is 60.8 Å². The van der Waals surface area contributed by atoms with Crippen LogP contribution in [0.4, 0.5) is 0 Å². The van der Waals surface area contributed by atoms with E-state index < -0.39 is 0 Å². The Morgan fingerprint density at radius 3 is 1.38 bits per heavy atom. The molecule has 0 aromatic carbocycles. The van der Waals surface area contributed by atoms with Gasteiger partial charge in [0.1, 0.15) is 0 Å². The molecule has 1 N–H and O–H groups in total. The highest BCUT2D eigenvalue weighted by molar-refractivity contribution is 4.45. The van der Waals surface area contributed by atoms with E-state index in [-0.39, 0.29) is 6.10 Å². The molecule has 0 saturated carbocycles. The van der Waals surface area contributed by atoms with Crippen molar-refractivity contribution in [2.75, 3.05) is 13.7 Å². The summed E-state index contributed by atoms with van der Waals surface area (Å²) in [4.78, 5) is 0. The van der Waals surface area contributed by atoms with E-state index in [1.807, 2.05) is 6.92 Å². The molecule has 0 rings (SSSR count). The molecule has 0 aromatic rings. The number of hydrogen-bond donors (Lipinski definition) is 1. The third-order valence-electron chi connectivity index (χ3n) is 2.22. The van der Waals surface area contributed by atoms with Gasteiger partial charge in [0, 0.05) is 7.11 Å². The smallest absolute Gasteiger partial charge is 0.0770 e. The minimum absolute atomic E-state index is 0.273. The minimum atomic E-state index is -0.273. The molecule has 0 heterocycles. The maximum absolute atomic E-state index is 8.73. The Labute approximate surface area is 103 Å². The van der Waals surface area contributed by atoms with Gasteiger partial charge in [0.05, 0.1) is 12.7 Å². The fraction of sp³-hybridized carbons (Fsp3) is 1.00. The number of rotatable bonds is 5. The van der Waals surface area contributed by atoms with E-state index >= 15 is 0 Å². The maximum Gasteiger partial charge on any atom is 0.0770 e. The highest BCUT2D eigenvalue weighted by Gasteiger charge is 1.95. The summed E-state index contributed by atoms with van der Waals surface area (Å²) in [7, 11) is 1.58. The van der Waals surface area contributed by atoms with Crippen LogP contribution in [0.15, 0.2) is 0 Å². The van der Waals surface area contributed by atoms with Crippen molar-refractivity contribution in [2.45, 2.75) is 73.3 Å². The Morgan fingerprint density at radius 2 is 1.31 bits per heavy atom. The van der Waals surface area contributed by atoms with E-state index in [0.29, 0.717) is 6.61 Å². The highest BCUT2D eigenvalue weighted by Crippen LogP contribution is 2.02. The predicted octanol–water partition coefficient (Wildman–Crippen LogP) is 4.26. The molecule has 0 aliphatic carbocycles. The van der Waals surface area contributed by atoms with Crippen molar-refractivity contribution in [3.05, 3.63) is 0 Å². The van der Waals surface area contributed by atoms with Gasteiger partial charge in [0.25, 0.3) is 0 Å². The first-order valence-corrected chi connectivity index (χ1v) is 6.70. The van der Waals surface area contributed by atoms with Crippen LogP contribution in [0, 0.1) is 5.92 Å². The van der Waals surface area contributed by atoms with Crippen LogP contribution in [0.1, 0.15) is 67.2 Å². The fourth-order valence-corrected chi connectivity index (χ4v) is 0.599. The first kappa shape index (κ1) is 21.2. The van der Waals surface area contributed by atoms with Crippen LogP contribution in [-0.4, -0.2) is 24.9 Å². The third-order valence-corrected chi connectivity index (χ3v) is 2.22. The Morgan fingerprint density at radius 1 is 0.938 bits per heavy atom. The molecule has 0 aliphatic rings. The average Bonchev–Trinajstić information content (AvgIpc) is 2.30. The van der Waals surface area contributed by atoms with E-state index in [1.54, 1.807) is 7.11 Å². The van der Waals surface area contributed by atoms with Crippen molar-refractivity contribution in [3.63, 3.8) is 0 Å². The van der Waals surface area contributed by atoms with Crippen molar-refractivity contribution in [1.82, 2.24) is 0 Å². The zero-order valence-corrected chi connectivity index (χ0v) is 12.5. The number of hydrogen-bond acceptors (Lipinski definition) is 2. The van der Waals surface area contributed by atoms with Gasteiger partial charge >= 0.3 is 0 Å². The molecule has 16 heavy (non-hydrogen) atoms. The molecule has 0 bridgehead atoms. The van der Waals surface area contributed by atoms with Crippen LogP contribution in [0.3, 0.4) is 0 Å². The lowest BCUT2D eigenvalue weighted by molar-refractivity contribution is 0.0625. The molecule has 1 unspecified atom stereocenters.